The molecule has 1 unspecified atom stereocenters. The molecule has 1 saturated heterocycles. The van der Waals surface area contributed by atoms with Crippen molar-refractivity contribution in [3.05, 3.63) is 28.5 Å². The number of rotatable bonds is 3. The zero-order valence-electron chi connectivity index (χ0n) is 16.4. The molecule has 2 aliphatic rings. The number of likely N-dealkylation sites (tertiary alicyclic amines) is 1. The number of pyridine rings is 1. The topological polar surface area (TPSA) is 95.3 Å². The molecule has 0 bridgehead atoms. The number of aromatic nitrogens is 1. The molecule has 0 spiro atoms. The van der Waals surface area contributed by atoms with E-state index in [1.165, 1.54) is 4.90 Å². The van der Waals surface area contributed by atoms with Crippen molar-refractivity contribution in [2.45, 2.75) is 69.6 Å². The Bertz CT molecular complexity index is 799. The van der Waals surface area contributed by atoms with Crippen molar-refractivity contribution in [3.8, 4) is 6.07 Å². The summed E-state index contributed by atoms with van der Waals surface area (Å²) < 4.78 is 6.18. The zero-order valence-corrected chi connectivity index (χ0v) is 18.0. The van der Waals surface area contributed by atoms with Gasteiger partial charge in [0.1, 0.15) is 21.8 Å². The molecule has 0 aromatic carbocycles. The lowest BCUT2D eigenvalue weighted by molar-refractivity contribution is -0.128. The minimum Gasteiger partial charge on any atom is -0.444 e. The van der Waals surface area contributed by atoms with E-state index in [1.54, 1.807) is 27.0 Å². The van der Waals surface area contributed by atoms with Gasteiger partial charge in [0, 0.05) is 18.7 Å². The minimum absolute atomic E-state index is 0.0967. The molecule has 0 radical (unpaired) electrons. The second kappa shape index (κ2) is 7.70. The minimum atomic E-state index is -0.941. The summed E-state index contributed by atoms with van der Waals surface area (Å²) in [5.74, 6) is -0.389. The number of hydrogen-bond donors (Lipinski definition) is 1. The Morgan fingerprint density at radius 1 is 1.39 bits per heavy atom. The number of nitriles is 1. The van der Waals surface area contributed by atoms with E-state index in [0.29, 0.717) is 19.4 Å². The van der Waals surface area contributed by atoms with Crippen LogP contribution in [0.1, 0.15) is 57.9 Å². The van der Waals surface area contributed by atoms with Crippen LogP contribution in [0.3, 0.4) is 0 Å². The standard InChI is InChI=1S/C20H25BrN4O3/c1-19(2,3)28-18(27)25-9-5-4-6-15(25)17(26)24-20(12-22)10-14(20)13-7-8-16(21)23-11-13/h7-8,11,14-15H,4-6,9-10H2,1-3H3,(H,24,26)/t14-,15-,20?/m0/s1. The molecule has 1 N–H and O–H groups in total. The van der Waals surface area contributed by atoms with Crippen LogP contribution in [0.15, 0.2) is 22.9 Å². The van der Waals surface area contributed by atoms with Gasteiger partial charge in [0.2, 0.25) is 5.91 Å². The zero-order chi connectivity index (χ0) is 20.5. The number of carbonyl (C=O) groups is 2. The fourth-order valence-electron chi connectivity index (χ4n) is 3.59. The molecule has 3 atom stereocenters. The quantitative estimate of drug-likeness (QED) is 0.713. The monoisotopic (exact) mass is 448 g/mol. The van der Waals surface area contributed by atoms with Gasteiger partial charge >= 0.3 is 6.09 Å². The number of amides is 2. The Morgan fingerprint density at radius 2 is 2.14 bits per heavy atom. The molecule has 28 heavy (non-hydrogen) atoms. The molecule has 1 aliphatic carbocycles. The highest BCUT2D eigenvalue weighted by molar-refractivity contribution is 9.10. The number of piperidine rings is 1. The van der Waals surface area contributed by atoms with Crippen molar-refractivity contribution >= 4 is 27.9 Å². The van der Waals surface area contributed by atoms with Gasteiger partial charge in [0.05, 0.1) is 6.07 Å². The van der Waals surface area contributed by atoms with Crippen molar-refractivity contribution in [1.82, 2.24) is 15.2 Å². The third kappa shape index (κ3) is 4.46. The number of hydrogen-bond acceptors (Lipinski definition) is 5. The van der Waals surface area contributed by atoms with E-state index < -0.39 is 23.3 Å². The Kier molecular flexibility index (Phi) is 5.67. The summed E-state index contributed by atoms with van der Waals surface area (Å²) in [5.41, 5.74) is -0.652. The smallest absolute Gasteiger partial charge is 0.410 e. The van der Waals surface area contributed by atoms with Gasteiger partial charge in [0.25, 0.3) is 0 Å². The maximum Gasteiger partial charge on any atom is 0.410 e. The Labute approximate surface area is 173 Å². The van der Waals surface area contributed by atoms with Gasteiger partial charge in [0.15, 0.2) is 0 Å². The predicted octanol–water partition coefficient (Wildman–Crippen LogP) is 3.50. The summed E-state index contributed by atoms with van der Waals surface area (Å²) >= 11 is 3.30. The maximum absolute atomic E-state index is 13.0. The highest BCUT2D eigenvalue weighted by Crippen LogP contribution is 2.51. The number of carbonyl (C=O) groups excluding carboxylic acids is 2. The highest BCUT2D eigenvalue weighted by Gasteiger charge is 2.58. The molecule has 1 aromatic heterocycles. The van der Waals surface area contributed by atoms with Crippen LogP contribution in [-0.4, -0.2) is 45.6 Å². The normalized spacial score (nSPS) is 26.9. The molecule has 150 valence electrons. The van der Waals surface area contributed by atoms with Crippen LogP contribution >= 0.6 is 15.9 Å². The first kappa shape index (κ1) is 20.6. The van der Waals surface area contributed by atoms with Gasteiger partial charge in [-0.25, -0.2) is 9.78 Å². The van der Waals surface area contributed by atoms with Gasteiger partial charge in [-0.15, -0.1) is 0 Å². The van der Waals surface area contributed by atoms with E-state index in [0.717, 1.165) is 23.0 Å². The average Bonchev–Trinajstić information content (AvgIpc) is 3.35. The second-order valence-electron chi connectivity index (χ2n) is 8.43. The molecule has 1 aliphatic heterocycles. The van der Waals surface area contributed by atoms with Crippen molar-refractivity contribution in [2.24, 2.45) is 0 Å². The molecule has 2 amide bonds. The van der Waals surface area contributed by atoms with E-state index >= 15 is 0 Å². The van der Waals surface area contributed by atoms with Gasteiger partial charge in [-0.1, -0.05) is 6.07 Å². The van der Waals surface area contributed by atoms with Gasteiger partial charge < -0.3 is 10.1 Å². The summed E-state index contributed by atoms with van der Waals surface area (Å²) in [5, 5.41) is 12.6. The maximum atomic E-state index is 13.0. The van der Waals surface area contributed by atoms with Crippen molar-refractivity contribution < 1.29 is 14.3 Å². The summed E-state index contributed by atoms with van der Waals surface area (Å²) in [7, 11) is 0. The molecule has 2 fully saturated rings. The molecule has 1 aromatic rings. The summed E-state index contributed by atoms with van der Waals surface area (Å²) in [4.78, 5) is 31.2. The lowest BCUT2D eigenvalue weighted by Crippen LogP contribution is -2.55. The summed E-state index contributed by atoms with van der Waals surface area (Å²) in [6.07, 6.45) is 4.03. The Hall–Kier alpha value is -2.14. The van der Waals surface area contributed by atoms with Crippen molar-refractivity contribution in [2.75, 3.05) is 6.54 Å². The molecular weight excluding hydrogens is 424 g/mol. The highest BCUT2D eigenvalue weighted by atomic mass is 79.9. The average molecular weight is 449 g/mol. The van der Waals surface area contributed by atoms with Crippen molar-refractivity contribution in [1.29, 1.82) is 5.26 Å². The van der Waals surface area contributed by atoms with Crippen LogP contribution in [0.5, 0.6) is 0 Å². The second-order valence-corrected chi connectivity index (χ2v) is 9.24. The van der Waals surface area contributed by atoms with Crippen LogP contribution in [0.4, 0.5) is 4.79 Å². The Balaban J connectivity index is 1.70. The largest absolute Gasteiger partial charge is 0.444 e. The number of nitrogens with one attached hydrogen (secondary N) is 1. The lowest BCUT2D eigenvalue weighted by atomic mass is 10.0. The van der Waals surface area contributed by atoms with Crippen LogP contribution in [0, 0.1) is 11.3 Å². The molecular formula is C20H25BrN4O3. The fraction of sp³-hybridized carbons (Fsp3) is 0.600. The first-order valence-corrected chi connectivity index (χ1v) is 10.3. The van der Waals surface area contributed by atoms with Gasteiger partial charge in [-0.2, -0.15) is 5.26 Å². The van der Waals surface area contributed by atoms with E-state index in [4.69, 9.17) is 4.74 Å². The SMILES string of the molecule is CC(C)(C)OC(=O)N1CCCC[C@H]1C(=O)NC1(C#N)C[C@H]1c1ccc(Br)nc1. The predicted molar refractivity (Wildman–Crippen MR) is 106 cm³/mol. The summed E-state index contributed by atoms with van der Waals surface area (Å²) in [6, 6.07) is 5.37. The molecule has 3 rings (SSSR count). The van der Waals surface area contributed by atoms with E-state index in [9.17, 15) is 14.9 Å². The first-order chi connectivity index (χ1) is 13.1. The van der Waals surface area contributed by atoms with Crippen LogP contribution in [0.25, 0.3) is 0 Å². The summed E-state index contributed by atoms with van der Waals surface area (Å²) in [6.45, 7) is 5.88. The van der Waals surface area contributed by atoms with Crippen molar-refractivity contribution in [3.63, 3.8) is 0 Å². The molecule has 8 heteroatoms. The third-order valence-electron chi connectivity index (χ3n) is 5.09. The van der Waals surface area contributed by atoms with Gasteiger partial charge in [-0.3, -0.25) is 9.69 Å². The van der Waals surface area contributed by atoms with Gasteiger partial charge in [-0.05, 0) is 74.0 Å². The number of halogens is 1. The molecule has 2 heterocycles. The number of ether oxygens (including phenoxy) is 1. The Morgan fingerprint density at radius 3 is 2.75 bits per heavy atom. The first-order valence-electron chi connectivity index (χ1n) is 9.49. The van der Waals surface area contributed by atoms with E-state index in [2.05, 4.69) is 32.3 Å². The van der Waals surface area contributed by atoms with E-state index in [1.807, 2.05) is 12.1 Å². The van der Waals surface area contributed by atoms with Crippen LogP contribution in [-0.2, 0) is 9.53 Å². The lowest BCUT2D eigenvalue weighted by Gasteiger charge is -2.36. The number of nitrogens with zero attached hydrogens (tertiary/aromatic N) is 3. The third-order valence-corrected chi connectivity index (χ3v) is 5.56. The van der Waals surface area contributed by atoms with Crippen LogP contribution in [0.2, 0.25) is 0 Å². The van der Waals surface area contributed by atoms with E-state index in [-0.39, 0.29) is 11.8 Å². The molecule has 7 nitrogen and oxygen atoms in total. The fourth-order valence-corrected chi connectivity index (χ4v) is 3.83. The van der Waals surface area contributed by atoms with Crippen LogP contribution < -0.4 is 5.32 Å². The molecule has 1 saturated carbocycles.